The van der Waals surface area contributed by atoms with Gasteiger partial charge in [-0.2, -0.15) is 0 Å². The lowest BCUT2D eigenvalue weighted by Crippen LogP contribution is -2.61. The van der Waals surface area contributed by atoms with Gasteiger partial charge in [0.2, 0.25) is 10.0 Å². The first kappa shape index (κ1) is 24.3. The Morgan fingerprint density at radius 3 is 2.70 bits per heavy atom. The molecule has 12 heteroatoms. The number of likely N-dealkylation sites (N-methyl/N-ethyl adjacent to an activating group) is 1. The molecule has 0 spiro atoms. The third kappa shape index (κ3) is 5.11. The average Bonchev–Trinajstić information content (AvgIpc) is 3.48. The Morgan fingerprint density at radius 1 is 1.09 bits per heavy atom. The van der Waals surface area contributed by atoms with E-state index in [0.717, 1.165) is 65.1 Å². The summed E-state index contributed by atoms with van der Waals surface area (Å²) < 4.78 is 41.3. The highest BCUT2D eigenvalue weighted by atomic mass is 32.2. The van der Waals surface area contributed by atoms with Gasteiger partial charge < -0.3 is 14.8 Å². The molecule has 5 aliphatic rings. The lowest BCUT2D eigenvalue weighted by Gasteiger charge is -2.42. The van der Waals surface area contributed by atoms with Crippen molar-refractivity contribution in [1.82, 2.24) is 35.8 Å². The molecule has 4 aliphatic heterocycles. The summed E-state index contributed by atoms with van der Waals surface area (Å²) in [6, 6.07) is 0.382. The van der Waals surface area contributed by atoms with Crippen LogP contribution in [0.15, 0.2) is 0 Å². The van der Waals surface area contributed by atoms with Crippen LogP contribution in [0, 0.1) is 5.92 Å². The summed E-state index contributed by atoms with van der Waals surface area (Å²) in [5.74, 6) is 0.441. The normalized spacial score (nSPS) is 41.9. The smallest absolute Gasteiger partial charge is 0.217 e. The van der Waals surface area contributed by atoms with Crippen LogP contribution in [-0.4, -0.2) is 126 Å². The quantitative estimate of drug-likeness (QED) is 0.340. The van der Waals surface area contributed by atoms with Gasteiger partial charge in [-0.05, 0) is 38.1 Å². The SMILES string of the molecule is COC1CCC2CNN(C)C2C1NS(=O)(=O)C1CNN(C2CC(N3CCOCC3)CCN2)C1. The molecule has 1 saturated carbocycles. The predicted molar refractivity (Wildman–Crippen MR) is 125 cm³/mol. The van der Waals surface area contributed by atoms with E-state index in [9.17, 15) is 8.42 Å². The van der Waals surface area contributed by atoms with E-state index >= 15 is 0 Å². The minimum atomic E-state index is -3.51. The van der Waals surface area contributed by atoms with Crippen LogP contribution in [-0.2, 0) is 19.5 Å². The van der Waals surface area contributed by atoms with Crippen LogP contribution >= 0.6 is 0 Å². The first-order valence-electron chi connectivity index (χ1n) is 12.5. The second-order valence-corrected chi connectivity index (χ2v) is 12.2. The first-order valence-corrected chi connectivity index (χ1v) is 14.1. The maximum Gasteiger partial charge on any atom is 0.217 e. The van der Waals surface area contributed by atoms with Gasteiger partial charge in [0.1, 0.15) is 5.25 Å². The number of nitrogens with one attached hydrogen (secondary N) is 4. The van der Waals surface area contributed by atoms with E-state index in [1.807, 2.05) is 7.05 Å². The largest absolute Gasteiger partial charge is 0.380 e. The summed E-state index contributed by atoms with van der Waals surface area (Å²) >= 11 is 0. The standard InChI is InChI=1S/C21H41N7O4S/c1-26-21-15(12-23-26)3-4-18(31-2)20(21)25-33(29,30)17-13-24-28(14-17)19-11-16(5-6-22-19)27-7-9-32-10-8-27/h15-25H,3-14H2,1-2H3. The average molecular weight is 488 g/mol. The van der Waals surface area contributed by atoms with Gasteiger partial charge in [-0.1, -0.05) is 0 Å². The summed E-state index contributed by atoms with van der Waals surface area (Å²) in [4.78, 5) is 2.53. The molecule has 0 amide bonds. The molecule has 4 heterocycles. The van der Waals surface area contributed by atoms with Gasteiger partial charge in [0, 0.05) is 59.0 Å². The van der Waals surface area contributed by atoms with Gasteiger partial charge in [-0.25, -0.2) is 23.2 Å². The van der Waals surface area contributed by atoms with Crippen molar-refractivity contribution >= 4 is 10.0 Å². The van der Waals surface area contributed by atoms with E-state index in [1.54, 1.807) is 7.11 Å². The van der Waals surface area contributed by atoms with Crippen LogP contribution in [0.2, 0.25) is 0 Å². The highest BCUT2D eigenvalue weighted by molar-refractivity contribution is 7.90. The van der Waals surface area contributed by atoms with Gasteiger partial charge in [0.15, 0.2) is 0 Å². The van der Waals surface area contributed by atoms with E-state index in [-0.39, 0.29) is 24.4 Å². The summed E-state index contributed by atoms with van der Waals surface area (Å²) in [6.07, 6.45) is 4.07. The van der Waals surface area contributed by atoms with Crippen LogP contribution in [0.1, 0.15) is 25.7 Å². The molecule has 0 bridgehead atoms. The minimum Gasteiger partial charge on any atom is -0.380 e. The van der Waals surface area contributed by atoms with E-state index in [1.165, 1.54) is 0 Å². The number of fused-ring (bicyclic) bond motifs is 1. The van der Waals surface area contributed by atoms with Crippen molar-refractivity contribution in [2.45, 2.75) is 61.3 Å². The van der Waals surface area contributed by atoms with Crippen molar-refractivity contribution in [2.24, 2.45) is 5.92 Å². The summed E-state index contributed by atoms with van der Waals surface area (Å²) in [6.45, 7) is 6.33. The monoisotopic (exact) mass is 487 g/mol. The fourth-order valence-corrected chi connectivity index (χ4v) is 8.00. The fraction of sp³-hybridized carbons (Fsp3) is 1.00. The lowest BCUT2D eigenvalue weighted by molar-refractivity contribution is -0.00765. The van der Waals surface area contributed by atoms with Crippen molar-refractivity contribution in [2.75, 3.05) is 66.6 Å². The lowest BCUT2D eigenvalue weighted by atomic mass is 9.80. The van der Waals surface area contributed by atoms with Crippen LogP contribution < -0.4 is 20.9 Å². The molecule has 7 unspecified atom stereocenters. The molecule has 5 rings (SSSR count). The molecule has 11 nitrogen and oxygen atoms in total. The first-order chi connectivity index (χ1) is 16.0. The number of hydrogen-bond donors (Lipinski definition) is 4. The summed E-state index contributed by atoms with van der Waals surface area (Å²) in [5.41, 5.74) is 6.75. The van der Waals surface area contributed by atoms with E-state index < -0.39 is 15.3 Å². The number of rotatable bonds is 6. The molecule has 33 heavy (non-hydrogen) atoms. The minimum absolute atomic E-state index is 0.108. The van der Waals surface area contributed by atoms with Crippen LogP contribution in [0.3, 0.4) is 0 Å². The van der Waals surface area contributed by atoms with Gasteiger partial charge >= 0.3 is 0 Å². The molecule has 0 aromatic rings. The molecule has 0 aromatic heterocycles. The topological polar surface area (TPSA) is 110 Å². The fourth-order valence-electron chi connectivity index (χ4n) is 6.48. The zero-order valence-corrected chi connectivity index (χ0v) is 20.7. The van der Waals surface area contributed by atoms with Crippen molar-refractivity contribution < 1.29 is 17.9 Å². The maximum absolute atomic E-state index is 13.5. The van der Waals surface area contributed by atoms with Crippen molar-refractivity contribution in [1.29, 1.82) is 0 Å². The molecule has 0 radical (unpaired) electrons. The molecule has 190 valence electrons. The van der Waals surface area contributed by atoms with Gasteiger partial charge in [0.05, 0.1) is 31.5 Å². The number of sulfonamides is 1. The zero-order valence-electron chi connectivity index (χ0n) is 19.9. The third-order valence-corrected chi connectivity index (χ3v) is 10.2. The van der Waals surface area contributed by atoms with Gasteiger partial charge in [-0.3, -0.25) is 15.8 Å². The number of piperidine rings is 1. The highest BCUT2D eigenvalue weighted by Gasteiger charge is 2.48. The number of hydrazine groups is 2. The van der Waals surface area contributed by atoms with Crippen LogP contribution in [0.4, 0.5) is 0 Å². The number of ether oxygens (including phenoxy) is 2. The van der Waals surface area contributed by atoms with Gasteiger partial charge in [0.25, 0.3) is 0 Å². The second kappa shape index (κ2) is 10.3. The predicted octanol–water partition coefficient (Wildman–Crippen LogP) is -1.88. The van der Waals surface area contributed by atoms with E-state index in [0.29, 0.717) is 25.0 Å². The molecule has 0 aromatic carbocycles. The Bertz CT molecular complexity index is 768. The van der Waals surface area contributed by atoms with E-state index in [2.05, 4.69) is 35.8 Å². The Morgan fingerprint density at radius 2 is 1.91 bits per heavy atom. The van der Waals surface area contributed by atoms with Crippen LogP contribution in [0.25, 0.3) is 0 Å². The molecule has 4 saturated heterocycles. The molecule has 1 aliphatic carbocycles. The summed E-state index contributed by atoms with van der Waals surface area (Å²) in [5, 5.41) is 7.28. The Hall–Kier alpha value is -0.410. The van der Waals surface area contributed by atoms with E-state index in [4.69, 9.17) is 9.47 Å². The number of nitrogens with zero attached hydrogens (tertiary/aromatic N) is 3. The van der Waals surface area contributed by atoms with Crippen molar-refractivity contribution in [3.63, 3.8) is 0 Å². The van der Waals surface area contributed by atoms with Crippen molar-refractivity contribution in [3.05, 3.63) is 0 Å². The molecule has 4 N–H and O–H groups in total. The molecular formula is C21H41N7O4S. The Labute approximate surface area is 197 Å². The zero-order chi connectivity index (χ0) is 23.0. The molecule has 5 fully saturated rings. The summed E-state index contributed by atoms with van der Waals surface area (Å²) in [7, 11) is 0.176. The third-order valence-electron chi connectivity index (χ3n) is 8.38. The molecule has 7 atom stereocenters. The Kier molecular flexibility index (Phi) is 7.58. The Balaban J connectivity index is 1.21. The number of methoxy groups -OCH3 is 1. The number of morpholine rings is 1. The molecular weight excluding hydrogens is 446 g/mol. The van der Waals surface area contributed by atoms with Crippen LogP contribution in [0.5, 0.6) is 0 Å². The van der Waals surface area contributed by atoms with Gasteiger partial charge in [-0.15, -0.1) is 0 Å². The second-order valence-electron chi connectivity index (χ2n) is 10.2. The number of hydrogen-bond acceptors (Lipinski definition) is 10. The van der Waals surface area contributed by atoms with Crippen molar-refractivity contribution in [3.8, 4) is 0 Å². The highest BCUT2D eigenvalue weighted by Crippen LogP contribution is 2.33. The maximum atomic E-state index is 13.5.